The molecular weight excluding hydrogens is 239 g/mol. The molecule has 2 rings (SSSR count). The second-order valence-electron chi connectivity index (χ2n) is 2.56. The molecule has 4 heteroatoms. The molecule has 0 amide bonds. The highest BCUT2D eigenvalue weighted by Gasteiger charge is 2.03. The summed E-state index contributed by atoms with van der Waals surface area (Å²) in [5.41, 5.74) is 1.99. The van der Waals surface area contributed by atoms with Gasteiger partial charge in [-0.25, -0.2) is 4.98 Å². The predicted molar refractivity (Wildman–Crippen MR) is 53.4 cm³/mol. The Labute approximate surface area is 83.3 Å². The van der Waals surface area contributed by atoms with Crippen molar-refractivity contribution in [2.45, 2.75) is 0 Å². The Morgan fingerprint density at radius 2 is 2.25 bits per heavy atom. The van der Waals surface area contributed by atoms with E-state index in [2.05, 4.69) is 20.9 Å². The molecule has 0 N–H and O–H groups in total. The fraction of sp³-hybridized carbons (Fsp3) is 0.125. The lowest BCUT2D eigenvalue weighted by molar-refractivity contribution is 0.940. The van der Waals surface area contributed by atoms with Gasteiger partial charge in [0.15, 0.2) is 0 Å². The number of rotatable bonds is 0. The first-order valence-electron chi connectivity index (χ1n) is 3.46. The maximum Gasteiger partial charge on any atom is 0.129 e. The van der Waals surface area contributed by atoms with Crippen LogP contribution in [0.15, 0.2) is 22.8 Å². The van der Waals surface area contributed by atoms with Crippen LogP contribution in [0.1, 0.15) is 0 Å². The summed E-state index contributed by atoms with van der Waals surface area (Å²) in [6.45, 7) is 0. The molecule has 2 heterocycles. The highest BCUT2D eigenvalue weighted by atomic mass is 79.9. The Bertz CT molecular complexity index is 436. The minimum Gasteiger partial charge on any atom is -0.337 e. The summed E-state index contributed by atoms with van der Waals surface area (Å²) in [5.74, 6) is 0. The zero-order chi connectivity index (χ0) is 8.72. The van der Waals surface area contributed by atoms with Crippen LogP contribution in [0.25, 0.3) is 11.0 Å². The van der Waals surface area contributed by atoms with Crippen molar-refractivity contribution < 1.29 is 0 Å². The molecule has 0 spiro atoms. The van der Waals surface area contributed by atoms with E-state index in [9.17, 15) is 0 Å². The number of fused-ring (bicyclic) bond motifs is 1. The average molecular weight is 246 g/mol. The molecule has 0 bridgehead atoms. The normalized spacial score (nSPS) is 10.9. The van der Waals surface area contributed by atoms with Gasteiger partial charge in [-0.2, -0.15) is 0 Å². The van der Waals surface area contributed by atoms with Crippen molar-refractivity contribution in [1.82, 2.24) is 9.55 Å². The molecule has 0 aromatic carbocycles. The van der Waals surface area contributed by atoms with Crippen LogP contribution in [0.3, 0.4) is 0 Å². The fourth-order valence-electron chi connectivity index (χ4n) is 1.16. The van der Waals surface area contributed by atoms with E-state index in [1.165, 1.54) is 0 Å². The van der Waals surface area contributed by atoms with Gasteiger partial charge in [0.2, 0.25) is 0 Å². The van der Waals surface area contributed by atoms with Crippen molar-refractivity contribution in [3.8, 4) is 0 Å². The molecule has 0 saturated carbocycles. The minimum absolute atomic E-state index is 0.528. The summed E-state index contributed by atoms with van der Waals surface area (Å²) >= 11 is 9.16. The second-order valence-corrected chi connectivity index (χ2v) is 3.76. The Morgan fingerprint density at radius 3 is 3.00 bits per heavy atom. The maximum absolute atomic E-state index is 5.74. The summed E-state index contributed by atoms with van der Waals surface area (Å²) < 4.78 is 3.02. The van der Waals surface area contributed by atoms with Crippen molar-refractivity contribution in [1.29, 1.82) is 0 Å². The number of hydrogen-bond donors (Lipinski definition) is 0. The van der Waals surface area contributed by atoms with Crippen LogP contribution in [-0.2, 0) is 7.05 Å². The van der Waals surface area contributed by atoms with Crippen molar-refractivity contribution in [2.75, 3.05) is 0 Å². The molecule has 0 unspecified atom stereocenters. The zero-order valence-corrected chi connectivity index (χ0v) is 8.72. The molecule has 62 valence electrons. The summed E-state index contributed by atoms with van der Waals surface area (Å²) in [6, 6.07) is 5.69. The van der Waals surface area contributed by atoms with Crippen molar-refractivity contribution in [2.24, 2.45) is 7.05 Å². The second kappa shape index (κ2) is 2.75. The van der Waals surface area contributed by atoms with Crippen molar-refractivity contribution in [3.63, 3.8) is 0 Å². The van der Waals surface area contributed by atoms with Gasteiger partial charge in [0.05, 0.1) is 15.6 Å². The summed E-state index contributed by atoms with van der Waals surface area (Å²) in [6.07, 6.45) is 0. The first-order chi connectivity index (χ1) is 5.68. The number of hydrogen-bond acceptors (Lipinski definition) is 1. The van der Waals surface area contributed by atoms with E-state index in [0.717, 1.165) is 15.6 Å². The van der Waals surface area contributed by atoms with Crippen LogP contribution < -0.4 is 0 Å². The molecule has 0 aliphatic rings. The van der Waals surface area contributed by atoms with E-state index < -0.39 is 0 Å². The Hall–Kier alpha value is -0.540. The number of nitrogens with zero attached hydrogens (tertiary/aromatic N) is 2. The molecule has 0 aliphatic carbocycles. The van der Waals surface area contributed by atoms with E-state index in [1.54, 1.807) is 6.07 Å². The van der Waals surface area contributed by atoms with Crippen LogP contribution >= 0.6 is 27.5 Å². The molecule has 0 radical (unpaired) electrons. The van der Waals surface area contributed by atoms with Crippen LogP contribution in [-0.4, -0.2) is 9.55 Å². The van der Waals surface area contributed by atoms with Gasteiger partial charge in [0.1, 0.15) is 5.15 Å². The molecule has 0 saturated heterocycles. The number of halogens is 2. The first-order valence-corrected chi connectivity index (χ1v) is 4.63. The highest BCUT2D eigenvalue weighted by molar-refractivity contribution is 9.10. The smallest absolute Gasteiger partial charge is 0.129 e. The number of aryl methyl sites for hydroxylation is 1. The van der Waals surface area contributed by atoms with Gasteiger partial charge in [0, 0.05) is 7.05 Å². The third-order valence-electron chi connectivity index (χ3n) is 1.81. The van der Waals surface area contributed by atoms with E-state index in [0.29, 0.717) is 5.15 Å². The van der Waals surface area contributed by atoms with Gasteiger partial charge in [-0.3, -0.25) is 0 Å². The van der Waals surface area contributed by atoms with Gasteiger partial charge in [-0.05, 0) is 34.1 Å². The molecule has 2 aromatic rings. The van der Waals surface area contributed by atoms with Gasteiger partial charge in [0.25, 0.3) is 0 Å². The predicted octanol–water partition coefficient (Wildman–Crippen LogP) is 2.99. The fourth-order valence-corrected chi connectivity index (χ4v) is 1.72. The molecule has 0 aliphatic heterocycles. The van der Waals surface area contributed by atoms with Gasteiger partial charge < -0.3 is 4.57 Å². The molecule has 0 atom stereocenters. The molecule has 2 aromatic heterocycles. The summed E-state index contributed by atoms with van der Waals surface area (Å²) in [4.78, 5) is 4.17. The van der Waals surface area contributed by atoms with Gasteiger partial charge in [-0.15, -0.1) is 0 Å². The summed E-state index contributed by atoms with van der Waals surface area (Å²) in [5, 5.41) is 0.528. The number of pyridine rings is 1. The maximum atomic E-state index is 5.74. The highest BCUT2D eigenvalue weighted by Crippen LogP contribution is 2.22. The SMILES string of the molecule is Cn1c(Br)cc2nc(Cl)ccc21. The van der Waals surface area contributed by atoms with E-state index in [4.69, 9.17) is 11.6 Å². The van der Waals surface area contributed by atoms with Crippen LogP contribution in [0.2, 0.25) is 5.15 Å². The van der Waals surface area contributed by atoms with Gasteiger partial charge >= 0.3 is 0 Å². The molecule has 2 nitrogen and oxygen atoms in total. The standard InChI is InChI=1S/C8H6BrClN2/c1-12-6-2-3-8(10)11-5(6)4-7(12)9/h2-4H,1H3. The largest absolute Gasteiger partial charge is 0.337 e. The molecular formula is C8H6BrClN2. The zero-order valence-electron chi connectivity index (χ0n) is 6.38. The average Bonchev–Trinajstić information content (AvgIpc) is 2.28. The van der Waals surface area contributed by atoms with Crippen molar-refractivity contribution in [3.05, 3.63) is 28.0 Å². The Morgan fingerprint density at radius 1 is 1.50 bits per heavy atom. The van der Waals surface area contributed by atoms with Crippen molar-refractivity contribution >= 4 is 38.6 Å². The minimum atomic E-state index is 0.528. The van der Waals surface area contributed by atoms with E-state index in [1.807, 2.05) is 23.7 Å². The van der Waals surface area contributed by atoms with E-state index >= 15 is 0 Å². The van der Waals surface area contributed by atoms with Crippen LogP contribution in [0.5, 0.6) is 0 Å². The monoisotopic (exact) mass is 244 g/mol. The topological polar surface area (TPSA) is 17.8 Å². The first kappa shape index (κ1) is 8.08. The van der Waals surface area contributed by atoms with Crippen LogP contribution in [0, 0.1) is 0 Å². The Kier molecular flexibility index (Phi) is 1.85. The molecule has 12 heavy (non-hydrogen) atoms. The quantitative estimate of drug-likeness (QED) is 0.653. The molecule has 0 fully saturated rings. The third kappa shape index (κ3) is 1.13. The Balaban J connectivity index is 2.87. The summed E-state index contributed by atoms with van der Waals surface area (Å²) in [7, 11) is 1.97. The lowest BCUT2D eigenvalue weighted by Gasteiger charge is -1.95. The van der Waals surface area contributed by atoms with Crippen LogP contribution in [0.4, 0.5) is 0 Å². The lowest BCUT2D eigenvalue weighted by atomic mass is 10.4. The van der Waals surface area contributed by atoms with E-state index in [-0.39, 0.29) is 0 Å². The third-order valence-corrected chi connectivity index (χ3v) is 2.78. The number of aromatic nitrogens is 2. The lowest BCUT2D eigenvalue weighted by Crippen LogP contribution is -1.86. The van der Waals surface area contributed by atoms with Gasteiger partial charge in [-0.1, -0.05) is 11.6 Å².